The van der Waals surface area contributed by atoms with Gasteiger partial charge in [-0.2, -0.15) is 0 Å². The van der Waals surface area contributed by atoms with Crippen LogP contribution in [-0.2, 0) is 19.1 Å². The maximum absolute atomic E-state index is 10.8. The number of ether oxygens (including phenoxy) is 2. The fraction of sp³-hybridized carbons (Fsp3) is 0.571. The molecule has 0 aliphatic carbocycles. The van der Waals surface area contributed by atoms with Crippen LogP contribution in [0.3, 0.4) is 0 Å². The van der Waals surface area contributed by atoms with E-state index in [1.807, 2.05) is 13.8 Å². The molecule has 18 heavy (non-hydrogen) atoms. The van der Waals surface area contributed by atoms with Gasteiger partial charge in [0.25, 0.3) is 0 Å². The van der Waals surface area contributed by atoms with Crippen molar-refractivity contribution in [2.45, 2.75) is 40.5 Å². The zero-order valence-electron chi connectivity index (χ0n) is 11.6. The van der Waals surface area contributed by atoms with Crippen molar-refractivity contribution in [3.05, 3.63) is 23.3 Å². The van der Waals surface area contributed by atoms with E-state index in [0.717, 1.165) is 18.4 Å². The van der Waals surface area contributed by atoms with Crippen LogP contribution in [-0.4, -0.2) is 25.2 Å². The first-order chi connectivity index (χ1) is 8.41. The smallest absolute Gasteiger partial charge is 0.302 e. The van der Waals surface area contributed by atoms with Crippen LogP contribution >= 0.6 is 0 Å². The second-order valence-electron chi connectivity index (χ2n) is 4.27. The zero-order chi connectivity index (χ0) is 14.0. The Hall–Kier alpha value is -1.58. The molecule has 0 spiro atoms. The minimum Gasteiger partial charge on any atom is -0.462 e. The molecule has 0 fully saturated rings. The Labute approximate surface area is 109 Å². The number of allylic oxidation sites excluding steroid dienone is 2. The molecule has 0 bridgehead atoms. The van der Waals surface area contributed by atoms with Crippen molar-refractivity contribution < 1.29 is 19.1 Å². The maximum atomic E-state index is 10.8. The predicted molar refractivity (Wildman–Crippen MR) is 70.0 cm³/mol. The van der Waals surface area contributed by atoms with Crippen molar-refractivity contribution in [3.63, 3.8) is 0 Å². The predicted octanol–water partition coefficient (Wildman–Crippen LogP) is 2.79. The summed E-state index contributed by atoms with van der Waals surface area (Å²) < 4.78 is 9.79. The number of esters is 2. The van der Waals surface area contributed by atoms with E-state index in [9.17, 15) is 9.59 Å². The average Bonchev–Trinajstić information content (AvgIpc) is 2.24. The van der Waals surface area contributed by atoms with Crippen LogP contribution in [0, 0.1) is 0 Å². The third kappa shape index (κ3) is 10.9. The van der Waals surface area contributed by atoms with Crippen molar-refractivity contribution in [1.82, 2.24) is 0 Å². The minimum atomic E-state index is -0.317. The van der Waals surface area contributed by atoms with Crippen molar-refractivity contribution in [2.75, 3.05) is 13.2 Å². The number of hydrogen-bond acceptors (Lipinski definition) is 4. The van der Waals surface area contributed by atoms with Crippen molar-refractivity contribution in [1.29, 1.82) is 0 Å². The molecule has 0 saturated heterocycles. The van der Waals surface area contributed by atoms with Gasteiger partial charge in [-0.05, 0) is 38.3 Å². The van der Waals surface area contributed by atoms with E-state index in [0.29, 0.717) is 0 Å². The Morgan fingerprint density at radius 2 is 1.56 bits per heavy atom. The minimum absolute atomic E-state index is 0.223. The molecule has 0 saturated carbocycles. The van der Waals surface area contributed by atoms with Gasteiger partial charge in [-0.15, -0.1) is 0 Å². The Bertz CT molecular complexity index is 336. The van der Waals surface area contributed by atoms with Crippen LogP contribution in [0.5, 0.6) is 0 Å². The fourth-order valence-electron chi connectivity index (χ4n) is 1.25. The SMILES string of the molecule is CC(=O)OC/C=C(\CCC=C(C)C)COC(C)=O. The molecule has 102 valence electrons. The van der Waals surface area contributed by atoms with Crippen LogP contribution in [0.1, 0.15) is 40.5 Å². The molecule has 0 amide bonds. The summed E-state index contributed by atoms with van der Waals surface area (Å²) in [5.74, 6) is -0.627. The quantitative estimate of drug-likeness (QED) is 0.518. The molecule has 0 aromatic rings. The van der Waals surface area contributed by atoms with Gasteiger partial charge in [0.15, 0.2) is 0 Å². The van der Waals surface area contributed by atoms with Gasteiger partial charge >= 0.3 is 11.9 Å². The lowest BCUT2D eigenvalue weighted by Gasteiger charge is -2.07. The van der Waals surface area contributed by atoms with Crippen LogP contribution in [0.4, 0.5) is 0 Å². The number of carbonyl (C=O) groups excluding carboxylic acids is 2. The first-order valence-corrected chi connectivity index (χ1v) is 5.99. The normalized spacial score (nSPS) is 10.8. The fourth-order valence-corrected chi connectivity index (χ4v) is 1.25. The van der Waals surface area contributed by atoms with E-state index >= 15 is 0 Å². The summed E-state index contributed by atoms with van der Waals surface area (Å²) in [6, 6.07) is 0. The molecule has 0 radical (unpaired) electrons. The molecule has 0 aromatic carbocycles. The van der Waals surface area contributed by atoms with E-state index in [4.69, 9.17) is 9.47 Å². The highest BCUT2D eigenvalue weighted by Gasteiger charge is 2.01. The zero-order valence-corrected chi connectivity index (χ0v) is 11.6. The maximum Gasteiger partial charge on any atom is 0.302 e. The third-order valence-electron chi connectivity index (χ3n) is 2.14. The molecule has 0 unspecified atom stereocenters. The highest BCUT2D eigenvalue weighted by Crippen LogP contribution is 2.08. The van der Waals surface area contributed by atoms with Crippen LogP contribution in [0.2, 0.25) is 0 Å². The molecule has 0 aliphatic rings. The Kier molecular flexibility index (Phi) is 8.62. The van der Waals surface area contributed by atoms with E-state index in [2.05, 4.69) is 6.08 Å². The van der Waals surface area contributed by atoms with Gasteiger partial charge in [-0.3, -0.25) is 9.59 Å². The summed E-state index contributed by atoms with van der Waals surface area (Å²) >= 11 is 0. The van der Waals surface area contributed by atoms with Crippen LogP contribution < -0.4 is 0 Å². The Morgan fingerprint density at radius 3 is 2.06 bits per heavy atom. The number of carbonyl (C=O) groups is 2. The first-order valence-electron chi connectivity index (χ1n) is 5.99. The van der Waals surface area contributed by atoms with Crippen molar-refractivity contribution >= 4 is 11.9 Å². The molecule has 4 nitrogen and oxygen atoms in total. The monoisotopic (exact) mass is 254 g/mol. The van der Waals surface area contributed by atoms with Gasteiger partial charge in [0.1, 0.15) is 13.2 Å². The van der Waals surface area contributed by atoms with Crippen LogP contribution in [0.15, 0.2) is 23.3 Å². The van der Waals surface area contributed by atoms with Gasteiger partial charge < -0.3 is 9.47 Å². The van der Waals surface area contributed by atoms with Gasteiger partial charge in [0.2, 0.25) is 0 Å². The summed E-state index contributed by atoms with van der Waals surface area (Å²) in [6.45, 7) is 7.29. The number of hydrogen-bond donors (Lipinski definition) is 0. The third-order valence-corrected chi connectivity index (χ3v) is 2.14. The Balaban J connectivity index is 4.26. The van der Waals surface area contributed by atoms with E-state index in [1.54, 1.807) is 6.08 Å². The lowest BCUT2D eigenvalue weighted by molar-refractivity contribution is -0.141. The van der Waals surface area contributed by atoms with Gasteiger partial charge in [0, 0.05) is 13.8 Å². The lowest BCUT2D eigenvalue weighted by atomic mass is 10.1. The lowest BCUT2D eigenvalue weighted by Crippen LogP contribution is -2.05. The van der Waals surface area contributed by atoms with E-state index in [-0.39, 0.29) is 25.2 Å². The molecule has 0 N–H and O–H groups in total. The summed E-state index contributed by atoms with van der Waals surface area (Å²) in [5.41, 5.74) is 2.21. The molecule has 0 heterocycles. The Morgan fingerprint density at radius 1 is 0.944 bits per heavy atom. The summed E-state index contributed by atoms with van der Waals surface area (Å²) in [4.78, 5) is 21.4. The highest BCUT2D eigenvalue weighted by atomic mass is 16.5. The summed E-state index contributed by atoms with van der Waals surface area (Å²) in [7, 11) is 0. The first kappa shape index (κ1) is 16.4. The van der Waals surface area contributed by atoms with Crippen molar-refractivity contribution in [2.24, 2.45) is 0 Å². The molecule has 4 heteroatoms. The standard InChI is InChI=1S/C14H22O4/c1-11(2)6-5-7-14(10-18-13(4)16)8-9-17-12(3)15/h6,8H,5,7,9-10H2,1-4H3/b14-8+. The summed E-state index contributed by atoms with van der Waals surface area (Å²) in [5, 5.41) is 0. The number of rotatable bonds is 7. The van der Waals surface area contributed by atoms with E-state index < -0.39 is 0 Å². The van der Waals surface area contributed by atoms with Gasteiger partial charge in [-0.1, -0.05) is 11.6 Å². The molecule has 0 rings (SSSR count). The second kappa shape index (κ2) is 9.45. The largest absolute Gasteiger partial charge is 0.462 e. The second-order valence-corrected chi connectivity index (χ2v) is 4.27. The van der Waals surface area contributed by atoms with E-state index in [1.165, 1.54) is 19.4 Å². The molecule has 0 aliphatic heterocycles. The summed E-state index contributed by atoms with van der Waals surface area (Å²) in [6.07, 6.45) is 5.59. The topological polar surface area (TPSA) is 52.6 Å². The van der Waals surface area contributed by atoms with Gasteiger partial charge in [-0.25, -0.2) is 0 Å². The molecular formula is C14H22O4. The molecule has 0 aromatic heterocycles. The van der Waals surface area contributed by atoms with Gasteiger partial charge in [0.05, 0.1) is 0 Å². The highest BCUT2D eigenvalue weighted by molar-refractivity contribution is 5.66. The van der Waals surface area contributed by atoms with Crippen molar-refractivity contribution in [3.8, 4) is 0 Å². The molecule has 0 atom stereocenters. The average molecular weight is 254 g/mol. The molecular weight excluding hydrogens is 232 g/mol. The van der Waals surface area contributed by atoms with Crippen LogP contribution in [0.25, 0.3) is 0 Å².